The second-order valence-electron chi connectivity index (χ2n) is 2.09. The second-order valence-corrected chi connectivity index (χ2v) is 2.09. The van der Waals surface area contributed by atoms with Gasteiger partial charge in [-0.25, -0.2) is 4.79 Å². The predicted octanol–water partition coefficient (Wildman–Crippen LogP) is -1.11. The average Bonchev–Trinajstić information content (AvgIpc) is 2.50. The Bertz CT molecular complexity index is 151. The zero-order chi connectivity index (χ0) is 8.27. The molecule has 70 valence electrons. The number of rotatable bonds is 2. The smallest absolute Gasteiger partial charge is 0.337 e. The van der Waals surface area contributed by atoms with E-state index in [4.69, 9.17) is 14.6 Å². The summed E-state index contributed by atoms with van der Waals surface area (Å²) in [5, 5.41) is 8.54. The second kappa shape index (κ2) is 5.64. The Balaban J connectivity index is 0.00000121. The molecular weight excluding hydrogens is 336 g/mol. The molecule has 0 bridgehead atoms. The van der Waals surface area contributed by atoms with Gasteiger partial charge < -0.3 is 19.3 Å². The van der Waals surface area contributed by atoms with E-state index in [0.29, 0.717) is 0 Å². The zero-order valence-corrected chi connectivity index (χ0v) is 9.49. The first-order chi connectivity index (χ1) is 5.27. The molecule has 0 aromatic heterocycles. The van der Waals surface area contributed by atoms with Crippen molar-refractivity contribution in [3.63, 3.8) is 0 Å². The maximum absolute atomic E-state index is 10.8. The summed E-state index contributed by atoms with van der Waals surface area (Å²) in [7, 11) is 1.28. The molecule has 6 heteroatoms. The number of aliphatic hydroxyl groups is 1. The van der Waals surface area contributed by atoms with Crippen LogP contribution < -0.4 is 0 Å². The van der Waals surface area contributed by atoms with Crippen LogP contribution in [0.2, 0.25) is 0 Å². The van der Waals surface area contributed by atoms with Crippen LogP contribution in [0.15, 0.2) is 0 Å². The van der Waals surface area contributed by atoms with Gasteiger partial charge in [0.1, 0.15) is 0 Å². The Morgan fingerprint density at radius 1 is 1.75 bits per heavy atom. The molecule has 0 saturated carbocycles. The number of hydrogen-bond acceptors (Lipinski definition) is 5. The van der Waals surface area contributed by atoms with Crippen molar-refractivity contribution in [2.45, 2.75) is 12.4 Å². The van der Waals surface area contributed by atoms with Crippen molar-refractivity contribution in [2.75, 3.05) is 20.3 Å². The minimum Gasteiger partial charge on any atom is -0.467 e. The first kappa shape index (κ1) is 12.0. The molecule has 1 saturated heterocycles. The van der Waals surface area contributed by atoms with Crippen LogP contribution in [0.1, 0.15) is 0 Å². The molecule has 0 aromatic rings. The predicted molar refractivity (Wildman–Crippen MR) is 33.7 cm³/mol. The Morgan fingerprint density at radius 2 is 2.42 bits per heavy atom. The van der Waals surface area contributed by atoms with E-state index in [1.54, 1.807) is 0 Å². The van der Waals surface area contributed by atoms with E-state index in [1.807, 2.05) is 0 Å². The standard InChI is InChI=1S/C6H10O5.W/c1-9-6(8)4-3-10-5(2-7)11-4;/h4-5,7H,2-3H2,1H3;/t4-,5?;/m1./s1. The summed E-state index contributed by atoms with van der Waals surface area (Å²) in [5.41, 5.74) is 0. The average molecular weight is 346 g/mol. The van der Waals surface area contributed by atoms with E-state index in [9.17, 15) is 4.79 Å². The summed E-state index contributed by atoms with van der Waals surface area (Å²) < 4.78 is 14.2. The normalized spacial score (nSPS) is 27.8. The van der Waals surface area contributed by atoms with Crippen molar-refractivity contribution in [1.29, 1.82) is 0 Å². The van der Waals surface area contributed by atoms with E-state index in [1.165, 1.54) is 7.11 Å². The molecule has 5 nitrogen and oxygen atoms in total. The third kappa shape index (κ3) is 2.82. The van der Waals surface area contributed by atoms with Gasteiger partial charge in [0, 0.05) is 21.1 Å². The molecule has 0 aliphatic carbocycles. The number of esters is 1. The van der Waals surface area contributed by atoms with Crippen molar-refractivity contribution in [1.82, 2.24) is 0 Å². The summed E-state index contributed by atoms with van der Waals surface area (Å²) in [6.45, 7) is -0.0919. The van der Waals surface area contributed by atoms with Gasteiger partial charge in [-0.15, -0.1) is 0 Å². The molecule has 2 atom stereocenters. The topological polar surface area (TPSA) is 65.0 Å². The molecular formula is C6H10O5W. The Labute approximate surface area is 84.2 Å². The van der Waals surface area contributed by atoms with Crippen LogP contribution in [-0.2, 0) is 40.1 Å². The summed E-state index contributed by atoms with van der Waals surface area (Å²) in [6.07, 6.45) is -1.36. The fraction of sp³-hybridized carbons (Fsp3) is 0.833. The fourth-order valence-electron chi connectivity index (χ4n) is 0.807. The van der Waals surface area contributed by atoms with Crippen molar-refractivity contribution in [3.05, 3.63) is 0 Å². The molecule has 1 aliphatic rings. The summed E-state index contributed by atoms with van der Waals surface area (Å²) >= 11 is 0. The molecule has 0 aromatic carbocycles. The molecule has 12 heavy (non-hydrogen) atoms. The number of carbonyl (C=O) groups is 1. The maximum Gasteiger partial charge on any atom is 0.337 e. The minimum absolute atomic E-state index is 0. The first-order valence-electron chi connectivity index (χ1n) is 3.23. The van der Waals surface area contributed by atoms with Crippen LogP contribution in [0.5, 0.6) is 0 Å². The minimum atomic E-state index is -0.683. The van der Waals surface area contributed by atoms with Crippen LogP contribution in [0.3, 0.4) is 0 Å². The van der Waals surface area contributed by atoms with Crippen molar-refractivity contribution < 1.29 is 45.2 Å². The molecule has 1 rings (SSSR count). The van der Waals surface area contributed by atoms with Gasteiger partial charge in [-0.2, -0.15) is 0 Å². The molecule has 0 radical (unpaired) electrons. The Kier molecular flexibility index (Phi) is 5.66. The molecule has 0 spiro atoms. The number of aliphatic hydroxyl groups excluding tert-OH is 1. The van der Waals surface area contributed by atoms with Gasteiger partial charge in [0.15, 0.2) is 12.4 Å². The van der Waals surface area contributed by atoms with Gasteiger partial charge in [-0.05, 0) is 0 Å². The first-order valence-corrected chi connectivity index (χ1v) is 3.23. The van der Waals surface area contributed by atoms with Crippen LogP contribution in [0.25, 0.3) is 0 Å². The maximum atomic E-state index is 10.8. The Morgan fingerprint density at radius 3 is 2.83 bits per heavy atom. The molecule has 1 heterocycles. The number of carbonyl (C=O) groups excluding carboxylic acids is 1. The number of ether oxygens (including phenoxy) is 3. The summed E-state index contributed by atoms with van der Waals surface area (Å²) in [4.78, 5) is 10.8. The van der Waals surface area contributed by atoms with E-state index in [0.717, 1.165) is 0 Å². The molecule has 0 amide bonds. The van der Waals surface area contributed by atoms with Gasteiger partial charge >= 0.3 is 5.97 Å². The largest absolute Gasteiger partial charge is 0.467 e. The van der Waals surface area contributed by atoms with Gasteiger partial charge in [0.2, 0.25) is 0 Å². The zero-order valence-electron chi connectivity index (χ0n) is 6.56. The fourth-order valence-corrected chi connectivity index (χ4v) is 0.807. The van der Waals surface area contributed by atoms with Crippen molar-refractivity contribution in [2.24, 2.45) is 0 Å². The third-order valence-electron chi connectivity index (χ3n) is 1.36. The van der Waals surface area contributed by atoms with Crippen LogP contribution in [0, 0.1) is 0 Å². The van der Waals surface area contributed by atoms with E-state index in [2.05, 4.69) is 4.74 Å². The molecule has 1 fully saturated rings. The molecule has 1 aliphatic heterocycles. The molecule has 1 unspecified atom stereocenters. The van der Waals surface area contributed by atoms with E-state index in [-0.39, 0.29) is 34.3 Å². The monoisotopic (exact) mass is 346 g/mol. The summed E-state index contributed by atoms with van der Waals surface area (Å²) in [5.74, 6) is -0.471. The molecule has 1 N–H and O–H groups in total. The van der Waals surface area contributed by atoms with Gasteiger partial charge in [-0.3, -0.25) is 0 Å². The summed E-state index contributed by atoms with van der Waals surface area (Å²) in [6, 6.07) is 0. The third-order valence-corrected chi connectivity index (χ3v) is 1.36. The van der Waals surface area contributed by atoms with Crippen LogP contribution >= 0.6 is 0 Å². The van der Waals surface area contributed by atoms with Crippen molar-refractivity contribution in [3.8, 4) is 0 Å². The quantitative estimate of drug-likeness (QED) is 0.643. The van der Waals surface area contributed by atoms with Gasteiger partial charge in [0.25, 0.3) is 0 Å². The SMILES string of the molecule is COC(=O)[C@H]1COC(CO)O1.[W]. The van der Waals surface area contributed by atoms with E-state index < -0.39 is 18.4 Å². The number of methoxy groups -OCH3 is 1. The van der Waals surface area contributed by atoms with E-state index >= 15 is 0 Å². The van der Waals surface area contributed by atoms with Crippen LogP contribution in [0.4, 0.5) is 0 Å². The van der Waals surface area contributed by atoms with Crippen LogP contribution in [-0.4, -0.2) is 43.8 Å². The van der Waals surface area contributed by atoms with Gasteiger partial charge in [0.05, 0.1) is 20.3 Å². The van der Waals surface area contributed by atoms with Crippen molar-refractivity contribution >= 4 is 5.97 Å². The Hall–Kier alpha value is 0.0383. The number of hydrogen-bond donors (Lipinski definition) is 1. The van der Waals surface area contributed by atoms with Gasteiger partial charge in [-0.1, -0.05) is 0 Å².